The van der Waals surface area contributed by atoms with Crippen LogP contribution in [0.15, 0.2) is 30.3 Å². The number of nitrogens with zero attached hydrogens (tertiary/aromatic N) is 1. The predicted octanol–water partition coefficient (Wildman–Crippen LogP) is 2.01. The number of anilines is 1. The summed E-state index contributed by atoms with van der Waals surface area (Å²) in [6.45, 7) is 2.32. The van der Waals surface area contributed by atoms with Gasteiger partial charge in [-0.3, -0.25) is 14.6 Å². The van der Waals surface area contributed by atoms with Gasteiger partial charge >= 0.3 is 0 Å². The summed E-state index contributed by atoms with van der Waals surface area (Å²) < 4.78 is 0. The first-order chi connectivity index (χ1) is 10.1. The Balaban J connectivity index is 1.84. The Morgan fingerprint density at radius 2 is 2.19 bits per heavy atom. The zero-order valence-electron chi connectivity index (χ0n) is 11.8. The molecular weight excluding hydrogens is 266 g/mol. The highest BCUT2D eigenvalue weighted by molar-refractivity contribution is 6.02. The lowest BCUT2D eigenvalue weighted by Gasteiger charge is -2.22. The molecule has 2 amide bonds. The molecule has 1 fully saturated rings. The third kappa shape index (κ3) is 2.86. The van der Waals surface area contributed by atoms with Gasteiger partial charge in [0.25, 0.3) is 0 Å². The summed E-state index contributed by atoms with van der Waals surface area (Å²) >= 11 is 0. The van der Waals surface area contributed by atoms with Gasteiger partial charge in [0.2, 0.25) is 11.8 Å². The van der Waals surface area contributed by atoms with Crippen molar-refractivity contribution < 1.29 is 9.59 Å². The second-order valence-electron chi connectivity index (χ2n) is 5.36. The van der Waals surface area contributed by atoms with Crippen molar-refractivity contribution in [1.82, 2.24) is 10.3 Å². The standard InChI is InChI=1S/C16H17N3O2/c1-10-8-14(12-4-2-3-5-13(12)18-10)19-16(21)11-6-7-15(20)17-9-11/h2-5,8,11H,6-7,9H2,1H3,(H,17,20)(H,18,19,21). The van der Waals surface area contributed by atoms with Crippen molar-refractivity contribution in [2.24, 2.45) is 5.92 Å². The maximum Gasteiger partial charge on any atom is 0.229 e. The van der Waals surface area contributed by atoms with Gasteiger partial charge in [-0.05, 0) is 25.5 Å². The van der Waals surface area contributed by atoms with E-state index in [1.165, 1.54) is 0 Å². The van der Waals surface area contributed by atoms with E-state index in [0.717, 1.165) is 22.3 Å². The molecule has 1 aromatic heterocycles. The van der Waals surface area contributed by atoms with Crippen molar-refractivity contribution >= 4 is 28.4 Å². The molecule has 2 aromatic rings. The molecule has 0 saturated carbocycles. The minimum atomic E-state index is -0.171. The molecule has 1 aliphatic heterocycles. The molecule has 21 heavy (non-hydrogen) atoms. The number of nitrogens with one attached hydrogen (secondary N) is 2. The second-order valence-corrected chi connectivity index (χ2v) is 5.36. The normalized spacial score (nSPS) is 18.3. The molecule has 5 nitrogen and oxygen atoms in total. The first kappa shape index (κ1) is 13.5. The van der Waals surface area contributed by atoms with E-state index in [9.17, 15) is 9.59 Å². The first-order valence-corrected chi connectivity index (χ1v) is 7.07. The van der Waals surface area contributed by atoms with Gasteiger partial charge in [-0.25, -0.2) is 0 Å². The Kier molecular flexibility index (Phi) is 3.56. The van der Waals surface area contributed by atoms with Gasteiger partial charge < -0.3 is 10.6 Å². The van der Waals surface area contributed by atoms with Crippen LogP contribution in [-0.4, -0.2) is 23.3 Å². The molecule has 1 aliphatic rings. The molecule has 2 heterocycles. The number of benzene rings is 1. The fourth-order valence-corrected chi connectivity index (χ4v) is 2.60. The molecule has 3 rings (SSSR count). The van der Waals surface area contributed by atoms with Gasteiger partial charge in [0, 0.05) is 24.0 Å². The lowest BCUT2D eigenvalue weighted by Crippen LogP contribution is -2.40. The van der Waals surface area contributed by atoms with Crippen LogP contribution < -0.4 is 10.6 Å². The van der Waals surface area contributed by atoms with Crippen LogP contribution in [0.1, 0.15) is 18.5 Å². The molecule has 0 bridgehead atoms. The Labute approximate surface area is 122 Å². The topological polar surface area (TPSA) is 71.1 Å². The van der Waals surface area contributed by atoms with Crippen LogP contribution in [0.2, 0.25) is 0 Å². The molecular formula is C16H17N3O2. The lowest BCUT2D eigenvalue weighted by atomic mass is 9.98. The Morgan fingerprint density at radius 1 is 1.38 bits per heavy atom. The average molecular weight is 283 g/mol. The molecule has 0 radical (unpaired) electrons. The number of pyridine rings is 1. The summed E-state index contributed by atoms with van der Waals surface area (Å²) in [4.78, 5) is 28.0. The largest absolute Gasteiger partial charge is 0.355 e. The number of carbonyl (C=O) groups excluding carboxylic acids is 2. The highest BCUT2D eigenvalue weighted by atomic mass is 16.2. The van der Waals surface area contributed by atoms with Crippen molar-refractivity contribution in [3.63, 3.8) is 0 Å². The highest BCUT2D eigenvalue weighted by Gasteiger charge is 2.24. The molecule has 2 N–H and O–H groups in total. The van der Waals surface area contributed by atoms with E-state index in [4.69, 9.17) is 0 Å². The van der Waals surface area contributed by atoms with Crippen LogP contribution in [0, 0.1) is 12.8 Å². The number of aryl methyl sites for hydroxylation is 1. The Bertz CT molecular complexity index is 702. The number of amides is 2. The van der Waals surface area contributed by atoms with Gasteiger partial charge in [0.1, 0.15) is 0 Å². The monoisotopic (exact) mass is 283 g/mol. The molecule has 1 unspecified atom stereocenters. The smallest absolute Gasteiger partial charge is 0.229 e. The van der Waals surface area contributed by atoms with Gasteiger partial charge in [-0.1, -0.05) is 18.2 Å². The second kappa shape index (κ2) is 5.52. The summed E-state index contributed by atoms with van der Waals surface area (Å²) in [6, 6.07) is 9.60. The molecule has 1 atom stereocenters. The third-order valence-corrected chi connectivity index (χ3v) is 3.74. The number of piperidine rings is 1. The number of aromatic nitrogens is 1. The van der Waals surface area contributed by atoms with Crippen LogP contribution in [0.4, 0.5) is 5.69 Å². The van der Waals surface area contributed by atoms with E-state index >= 15 is 0 Å². The summed E-state index contributed by atoms with van der Waals surface area (Å²) in [5.74, 6) is -0.204. The number of rotatable bonds is 2. The van der Waals surface area contributed by atoms with Crippen molar-refractivity contribution in [2.45, 2.75) is 19.8 Å². The minimum Gasteiger partial charge on any atom is -0.355 e. The van der Waals surface area contributed by atoms with Crippen molar-refractivity contribution in [1.29, 1.82) is 0 Å². The Hall–Kier alpha value is -2.43. The molecule has 0 aliphatic carbocycles. The zero-order valence-corrected chi connectivity index (χ0v) is 11.8. The van der Waals surface area contributed by atoms with Crippen LogP contribution in [0.25, 0.3) is 10.9 Å². The van der Waals surface area contributed by atoms with Crippen LogP contribution in [-0.2, 0) is 9.59 Å². The lowest BCUT2D eigenvalue weighted by molar-refractivity contribution is -0.126. The number of fused-ring (bicyclic) bond motifs is 1. The summed E-state index contributed by atoms with van der Waals surface area (Å²) in [6.07, 6.45) is 1.01. The maximum atomic E-state index is 12.3. The van der Waals surface area contributed by atoms with Crippen LogP contribution in [0.3, 0.4) is 0 Å². The predicted molar refractivity (Wildman–Crippen MR) is 80.8 cm³/mol. The van der Waals surface area contributed by atoms with E-state index in [1.54, 1.807) is 0 Å². The van der Waals surface area contributed by atoms with Gasteiger partial charge in [0.15, 0.2) is 0 Å². The van der Waals surface area contributed by atoms with Crippen molar-refractivity contribution in [3.05, 3.63) is 36.0 Å². The highest BCUT2D eigenvalue weighted by Crippen LogP contribution is 2.24. The molecule has 1 saturated heterocycles. The number of hydrogen-bond donors (Lipinski definition) is 2. The summed E-state index contributed by atoms with van der Waals surface area (Å²) in [5, 5.41) is 6.64. The summed E-state index contributed by atoms with van der Waals surface area (Å²) in [7, 11) is 0. The quantitative estimate of drug-likeness (QED) is 0.885. The minimum absolute atomic E-state index is 0.0178. The van der Waals surface area contributed by atoms with Crippen molar-refractivity contribution in [2.75, 3.05) is 11.9 Å². The third-order valence-electron chi connectivity index (χ3n) is 3.74. The number of para-hydroxylation sites is 1. The number of carbonyl (C=O) groups is 2. The van der Waals surface area contributed by atoms with E-state index < -0.39 is 0 Å². The Morgan fingerprint density at radius 3 is 2.95 bits per heavy atom. The zero-order chi connectivity index (χ0) is 14.8. The van der Waals surface area contributed by atoms with Crippen LogP contribution >= 0.6 is 0 Å². The van der Waals surface area contributed by atoms with E-state index in [0.29, 0.717) is 19.4 Å². The molecule has 5 heteroatoms. The summed E-state index contributed by atoms with van der Waals surface area (Å²) in [5.41, 5.74) is 2.51. The van der Waals surface area contributed by atoms with Crippen LogP contribution in [0.5, 0.6) is 0 Å². The average Bonchev–Trinajstić information content (AvgIpc) is 2.47. The van der Waals surface area contributed by atoms with Crippen molar-refractivity contribution in [3.8, 4) is 0 Å². The van der Waals surface area contributed by atoms with Gasteiger partial charge in [-0.2, -0.15) is 0 Å². The fourth-order valence-electron chi connectivity index (χ4n) is 2.60. The number of hydrogen-bond acceptors (Lipinski definition) is 3. The molecule has 108 valence electrons. The fraction of sp³-hybridized carbons (Fsp3) is 0.312. The SMILES string of the molecule is Cc1cc(NC(=O)C2CCC(=O)NC2)c2ccccc2n1. The molecule has 1 aromatic carbocycles. The van der Waals surface area contributed by atoms with E-state index in [1.807, 2.05) is 37.3 Å². The van der Waals surface area contributed by atoms with E-state index in [2.05, 4.69) is 15.6 Å². The molecule has 0 spiro atoms. The first-order valence-electron chi connectivity index (χ1n) is 7.07. The van der Waals surface area contributed by atoms with Gasteiger partial charge in [-0.15, -0.1) is 0 Å². The maximum absolute atomic E-state index is 12.3. The van der Waals surface area contributed by atoms with E-state index in [-0.39, 0.29) is 17.7 Å². The van der Waals surface area contributed by atoms with Gasteiger partial charge in [0.05, 0.1) is 17.1 Å².